The van der Waals surface area contributed by atoms with Gasteiger partial charge in [0.15, 0.2) is 5.69 Å². The quantitative estimate of drug-likeness (QED) is 0.654. The summed E-state index contributed by atoms with van der Waals surface area (Å²) in [6.45, 7) is 3.94. The van der Waals surface area contributed by atoms with Gasteiger partial charge in [0.25, 0.3) is 5.91 Å². The molecule has 1 atom stereocenters. The number of amides is 1. The summed E-state index contributed by atoms with van der Waals surface area (Å²) in [5.41, 5.74) is 4.32. The lowest BCUT2D eigenvalue weighted by atomic mass is 10.0. The lowest BCUT2D eigenvalue weighted by Crippen LogP contribution is -2.30. The maximum Gasteiger partial charge on any atom is 0.274 e. The van der Waals surface area contributed by atoms with E-state index in [0.29, 0.717) is 11.6 Å². The summed E-state index contributed by atoms with van der Waals surface area (Å²) in [4.78, 5) is 12.9. The van der Waals surface area contributed by atoms with Crippen LogP contribution in [0.25, 0.3) is 5.69 Å². The van der Waals surface area contributed by atoms with Gasteiger partial charge in [-0.1, -0.05) is 57.0 Å². The Hall–Kier alpha value is -2.47. The topological polar surface area (TPSA) is 59.8 Å². The van der Waals surface area contributed by atoms with Crippen LogP contribution in [0.1, 0.15) is 46.2 Å². The molecule has 0 aliphatic heterocycles. The molecule has 138 valence electrons. The largest absolute Gasteiger partial charge is 0.343 e. The van der Waals surface area contributed by atoms with E-state index < -0.39 is 0 Å². The molecule has 1 heterocycles. The molecule has 0 radical (unpaired) electrons. The van der Waals surface area contributed by atoms with Gasteiger partial charge >= 0.3 is 0 Å². The molecule has 1 N–H and O–H groups in total. The molecule has 0 spiro atoms. The molecule has 1 aliphatic carbocycles. The van der Waals surface area contributed by atoms with E-state index in [1.807, 2.05) is 31.2 Å². The maximum atomic E-state index is 12.9. The summed E-state index contributed by atoms with van der Waals surface area (Å²) >= 11 is 3.47. The van der Waals surface area contributed by atoms with Crippen LogP contribution in [0.2, 0.25) is 0 Å². The number of carbonyl (C=O) groups is 1. The van der Waals surface area contributed by atoms with Crippen LogP contribution >= 0.6 is 15.9 Å². The minimum Gasteiger partial charge on any atom is -0.343 e. The predicted octanol–water partition coefficient (Wildman–Crippen LogP) is 4.53. The number of aromatic nitrogens is 3. The number of nitrogens with zero attached hydrogens (tertiary/aromatic N) is 3. The predicted molar refractivity (Wildman–Crippen MR) is 108 cm³/mol. The van der Waals surface area contributed by atoms with Crippen molar-refractivity contribution in [1.29, 1.82) is 0 Å². The van der Waals surface area contributed by atoms with E-state index in [1.165, 1.54) is 5.56 Å². The Kier molecular flexibility index (Phi) is 4.83. The molecule has 1 saturated carbocycles. The molecule has 0 bridgehead atoms. The fourth-order valence-corrected chi connectivity index (χ4v) is 3.67. The maximum absolute atomic E-state index is 12.9. The van der Waals surface area contributed by atoms with Crippen LogP contribution in [0, 0.1) is 19.8 Å². The van der Waals surface area contributed by atoms with Gasteiger partial charge in [0, 0.05) is 4.47 Å². The molecule has 1 aromatic heterocycles. The monoisotopic (exact) mass is 424 g/mol. The normalized spacial score (nSPS) is 14.8. The fraction of sp³-hybridized carbons (Fsp3) is 0.286. The Balaban J connectivity index is 1.58. The van der Waals surface area contributed by atoms with Crippen LogP contribution in [-0.4, -0.2) is 20.9 Å². The van der Waals surface area contributed by atoms with E-state index >= 15 is 0 Å². The third-order valence-corrected chi connectivity index (χ3v) is 5.47. The van der Waals surface area contributed by atoms with Gasteiger partial charge in [-0.15, -0.1) is 5.10 Å². The van der Waals surface area contributed by atoms with E-state index in [9.17, 15) is 4.79 Å². The SMILES string of the molecule is Cc1ccc(C(NC(=O)c2nnn(-c3cccc(Br)c3)c2C)C2CC2)cc1. The highest BCUT2D eigenvalue weighted by Crippen LogP contribution is 2.41. The first-order chi connectivity index (χ1) is 13.0. The van der Waals surface area contributed by atoms with Crippen molar-refractivity contribution in [3.63, 3.8) is 0 Å². The zero-order valence-electron chi connectivity index (χ0n) is 15.3. The van der Waals surface area contributed by atoms with Gasteiger partial charge in [0.1, 0.15) is 0 Å². The van der Waals surface area contributed by atoms with Crippen LogP contribution in [-0.2, 0) is 0 Å². The summed E-state index contributed by atoms with van der Waals surface area (Å²) in [6, 6.07) is 16.2. The van der Waals surface area contributed by atoms with Gasteiger partial charge in [-0.05, 0) is 56.4 Å². The average molecular weight is 425 g/mol. The fourth-order valence-electron chi connectivity index (χ4n) is 3.28. The molecule has 1 unspecified atom stereocenters. The van der Waals surface area contributed by atoms with Crippen molar-refractivity contribution in [2.45, 2.75) is 32.7 Å². The van der Waals surface area contributed by atoms with Crippen molar-refractivity contribution in [3.05, 3.63) is 75.5 Å². The van der Waals surface area contributed by atoms with Gasteiger partial charge in [-0.2, -0.15) is 0 Å². The van der Waals surface area contributed by atoms with Crippen LogP contribution in [0.4, 0.5) is 0 Å². The zero-order chi connectivity index (χ0) is 19.0. The molecule has 3 aromatic rings. The molecule has 6 heteroatoms. The van der Waals surface area contributed by atoms with Crippen molar-refractivity contribution < 1.29 is 4.79 Å². The summed E-state index contributed by atoms with van der Waals surface area (Å²) in [6.07, 6.45) is 2.28. The number of hydrogen-bond donors (Lipinski definition) is 1. The summed E-state index contributed by atoms with van der Waals surface area (Å²) in [5, 5.41) is 11.5. The number of aryl methyl sites for hydroxylation is 1. The Morgan fingerprint density at radius 1 is 1.19 bits per heavy atom. The second kappa shape index (κ2) is 7.27. The molecule has 4 rings (SSSR count). The highest BCUT2D eigenvalue weighted by atomic mass is 79.9. The number of rotatable bonds is 5. The minimum atomic E-state index is -0.175. The van der Waals surface area contributed by atoms with Gasteiger partial charge in [0.05, 0.1) is 17.4 Å². The minimum absolute atomic E-state index is 0.0218. The number of hydrogen-bond acceptors (Lipinski definition) is 3. The molecule has 1 aliphatic rings. The van der Waals surface area contributed by atoms with Crippen molar-refractivity contribution in [1.82, 2.24) is 20.3 Å². The van der Waals surface area contributed by atoms with E-state index in [4.69, 9.17) is 0 Å². The number of halogens is 1. The van der Waals surface area contributed by atoms with Crippen LogP contribution in [0.3, 0.4) is 0 Å². The van der Waals surface area contributed by atoms with Gasteiger partial charge in [-0.25, -0.2) is 4.68 Å². The van der Waals surface area contributed by atoms with Crippen molar-refractivity contribution in [2.75, 3.05) is 0 Å². The summed E-state index contributed by atoms with van der Waals surface area (Å²) < 4.78 is 2.64. The standard InChI is InChI=1S/C21H21BrN4O/c1-13-6-8-15(9-7-13)20(16-10-11-16)23-21(27)19-14(2)26(25-24-19)18-5-3-4-17(22)12-18/h3-9,12,16,20H,10-11H2,1-2H3,(H,23,27). The second-order valence-electron chi connectivity index (χ2n) is 7.11. The molecule has 2 aromatic carbocycles. The van der Waals surface area contributed by atoms with Crippen molar-refractivity contribution >= 4 is 21.8 Å². The van der Waals surface area contributed by atoms with E-state index in [-0.39, 0.29) is 11.9 Å². The molecule has 27 heavy (non-hydrogen) atoms. The van der Waals surface area contributed by atoms with Gasteiger partial charge < -0.3 is 5.32 Å². The highest BCUT2D eigenvalue weighted by molar-refractivity contribution is 9.10. The molecule has 0 saturated heterocycles. The molecular formula is C21H21BrN4O. The van der Waals surface area contributed by atoms with E-state index in [2.05, 4.69) is 62.7 Å². The third kappa shape index (κ3) is 3.81. The highest BCUT2D eigenvalue weighted by Gasteiger charge is 2.34. The average Bonchev–Trinajstić information content (AvgIpc) is 3.42. The molecule has 1 fully saturated rings. The smallest absolute Gasteiger partial charge is 0.274 e. The first-order valence-electron chi connectivity index (χ1n) is 9.08. The summed E-state index contributed by atoms with van der Waals surface area (Å²) in [7, 11) is 0. The van der Waals surface area contributed by atoms with Crippen LogP contribution < -0.4 is 5.32 Å². The Morgan fingerprint density at radius 2 is 1.93 bits per heavy atom. The molecule has 5 nitrogen and oxygen atoms in total. The summed E-state index contributed by atoms with van der Waals surface area (Å²) in [5.74, 6) is 0.323. The Labute approximate surface area is 166 Å². The number of carbonyl (C=O) groups excluding carboxylic acids is 1. The molecule has 1 amide bonds. The Bertz CT molecular complexity index is 976. The molecular weight excluding hydrogens is 404 g/mol. The lowest BCUT2D eigenvalue weighted by molar-refractivity contribution is 0.0926. The van der Waals surface area contributed by atoms with Gasteiger partial charge in [-0.3, -0.25) is 4.79 Å². The first kappa shape index (κ1) is 17.9. The van der Waals surface area contributed by atoms with Crippen LogP contribution in [0.5, 0.6) is 0 Å². The number of nitrogens with one attached hydrogen (secondary N) is 1. The van der Waals surface area contributed by atoms with Gasteiger partial charge in [0.2, 0.25) is 0 Å². The van der Waals surface area contributed by atoms with Crippen molar-refractivity contribution in [2.24, 2.45) is 5.92 Å². The van der Waals surface area contributed by atoms with Crippen molar-refractivity contribution in [3.8, 4) is 5.69 Å². The van der Waals surface area contributed by atoms with E-state index in [0.717, 1.165) is 34.3 Å². The number of benzene rings is 2. The lowest BCUT2D eigenvalue weighted by Gasteiger charge is -2.18. The second-order valence-corrected chi connectivity index (χ2v) is 8.03. The van der Waals surface area contributed by atoms with Crippen LogP contribution in [0.15, 0.2) is 53.0 Å². The third-order valence-electron chi connectivity index (χ3n) is 4.98. The first-order valence-corrected chi connectivity index (χ1v) is 9.88. The van der Waals surface area contributed by atoms with E-state index in [1.54, 1.807) is 4.68 Å². The Morgan fingerprint density at radius 3 is 2.59 bits per heavy atom. The zero-order valence-corrected chi connectivity index (χ0v) is 16.9.